The maximum Gasteiger partial charge on any atom is 0.338 e. The zero-order valence-corrected chi connectivity index (χ0v) is 22.7. The monoisotopic (exact) mass is 538 g/mol. The van der Waals surface area contributed by atoms with Crippen LogP contribution in [0.25, 0.3) is 0 Å². The SMILES string of the molecule is CCn1nc(CCCCOC(=O)c2ccc(C(=O)N3CCOCC3)cc2)c2c1C(=O)NCC1(CCOCC1)C2. The van der Waals surface area contributed by atoms with Crippen LogP contribution in [0.1, 0.15) is 75.1 Å². The Balaban J connectivity index is 1.13. The molecule has 210 valence electrons. The fourth-order valence-electron chi connectivity index (χ4n) is 5.71. The number of fused-ring (bicyclic) bond motifs is 1. The van der Waals surface area contributed by atoms with Crippen molar-refractivity contribution in [3.8, 4) is 0 Å². The van der Waals surface area contributed by atoms with Gasteiger partial charge in [-0.2, -0.15) is 5.10 Å². The van der Waals surface area contributed by atoms with E-state index in [2.05, 4.69) is 5.32 Å². The zero-order valence-electron chi connectivity index (χ0n) is 22.7. The summed E-state index contributed by atoms with van der Waals surface area (Å²) >= 11 is 0. The van der Waals surface area contributed by atoms with Crippen molar-refractivity contribution in [2.24, 2.45) is 5.41 Å². The van der Waals surface area contributed by atoms with Gasteiger partial charge in [0.05, 0.1) is 31.1 Å². The van der Waals surface area contributed by atoms with Gasteiger partial charge in [0.25, 0.3) is 11.8 Å². The van der Waals surface area contributed by atoms with E-state index in [0.717, 1.165) is 56.6 Å². The number of esters is 1. The van der Waals surface area contributed by atoms with Gasteiger partial charge in [0, 0.05) is 50.5 Å². The van der Waals surface area contributed by atoms with E-state index < -0.39 is 5.97 Å². The lowest BCUT2D eigenvalue weighted by molar-refractivity contribution is 0.0160. The van der Waals surface area contributed by atoms with E-state index in [1.54, 1.807) is 29.2 Å². The van der Waals surface area contributed by atoms with Gasteiger partial charge in [-0.05, 0) is 75.1 Å². The molecule has 2 amide bonds. The van der Waals surface area contributed by atoms with Crippen LogP contribution >= 0.6 is 0 Å². The zero-order chi connectivity index (χ0) is 27.2. The number of carbonyl (C=O) groups is 3. The van der Waals surface area contributed by atoms with Crippen LogP contribution in [0.5, 0.6) is 0 Å². The molecule has 0 unspecified atom stereocenters. The van der Waals surface area contributed by atoms with Crippen LogP contribution in [-0.2, 0) is 33.6 Å². The van der Waals surface area contributed by atoms with E-state index in [4.69, 9.17) is 19.3 Å². The fraction of sp³-hybridized carbons (Fsp3) is 0.586. The third-order valence-corrected chi connectivity index (χ3v) is 8.08. The Labute approximate surface area is 229 Å². The third-order valence-electron chi connectivity index (χ3n) is 8.08. The molecule has 39 heavy (non-hydrogen) atoms. The van der Waals surface area contributed by atoms with Crippen molar-refractivity contribution in [3.05, 3.63) is 52.3 Å². The predicted octanol–water partition coefficient (Wildman–Crippen LogP) is 2.64. The molecule has 0 atom stereocenters. The molecule has 1 spiro atoms. The number of aryl methyl sites for hydroxylation is 2. The maximum absolute atomic E-state index is 13.0. The average Bonchev–Trinajstić information content (AvgIpc) is 3.26. The summed E-state index contributed by atoms with van der Waals surface area (Å²) in [5.41, 5.74) is 3.73. The van der Waals surface area contributed by atoms with E-state index in [1.165, 1.54) is 0 Å². The third kappa shape index (κ3) is 6.17. The van der Waals surface area contributed by atoms with Crippen molar-refractivity contribution in [2.45, 2.75) is 52.0 Å². The second kappa shape index (κ2) is 12.3. The van der Waals surface area contributed by atoms with Crippen molar-refractivity contribution in [1.82, 2.24) is 20.0 Å². The summed E-state index contributed by atoms with van der Waals surface area (Å²) in [6, 6.07) is 6.62. The molecular formula is C29H38N4O6. The van der Waals surface area contributed by atoms with Gasteiger partial charge < -0.3 is 24.4 Å². The maximum atomic E-state index is 13.0. The van der Waals surface area contributed by atoms with Crippen LogP contribution in [0.4, 0.5) is 0 Å². The summed E-state index contributed by atoms with van der Waals surface area (Å²) in [6.07, 6.45) is 4.91. The largest absolute Gasteiger partial charge is 0.462 e. The van der Waals surface area contributed by atoms with Crippen molar-refractivity contribution in [2.75, 3.05) is 52.7 Å². The number of benzene rings is 1. The number of aromatic nitrogens is 2. The van der Waals surface area contributed by atoms with Gasteiger partial charge in [0.2, 0.25) is 0 Å². The number of hydrogen-bond donors (Lipinski definition) is 1. The van der Waals surface area contributed by atoms with E-state index in [-0.39, 0.29) is 17.2 Å². The quantitative estimate of drug-likeness (QED) is 0.406. The number of nitrogens with one attached hydrogen (secondary N) is 1. The van der Waals surface area contributed by atoms with E-state index in [1.807, 2.05) is 11.6 Å². The minimum Gasteiger partial charge on any atom is -0.462 e. The molecule has 4 heterocycles. The Morgan fingerprint density at radius 3 is 2.44 bits per heavy atom. The molecule has 1 aromatic heterocycles. The second-order valence-corrected chi connectivity index (χ2v) is 10.6. The average molecular weight is 539 g/mol. The number of rotatable bonds is 8. The van der Waals surface area contributed by atoms with Gasteiger partial charge in [-0.3, -0.25) is 14.3 Å². The van der Waals surface area contributed by atoms with Gasteiger partial charge in [-0.25, -0.2) is 4.79 Å². The molecule has 2 fully saturated rings. The Kier molecular flexibility index (Phi) is 8.62. The summed E-state index contributed by atoms with van der Waals surface area (Å²) in [7, 11) is 0. The Morgan fingerprint density at radius 1 is 1.03 bits per heavy atom. The standard InChI is InChI=1S/C29H38N4O6/c1-2-33-25-23(19-29(20-30-26(25)34)10-15-37-16-11-29)24(31-33)5-3-4-14-39-28(36)22-8-6-21(7-9-22)27(35)32-12-17-38-18-13-32/h6-9H,2-5,10-20H2,1H3,(H,30,34). The topological polar surface area (TPSA) is 112 Å². The number of morpholine rings is 1. The highest BCUT2D eigenvalue weighted by atomic mass is 16.5. The van der Waals surface area contributed by atoms with Gasteiger partial charge >= 0.3 is 5.97 Å². The van der Waals surface area contributed by atoms with Crippen LogP contribution in [0, 0.1) is 5.41 Å². The van der Waals surface area contributed by atoms with E-state index >= 15 is 0 Å². The lowest BCUT2D eigenvalue weighted by atomic mass is 9.75. The number of carbonyl (C=O) groups excluding carboxylic acids is 3. The molecule has 5 rings (SSSR count). The molecule has 1 aromatic carbocycles. The number of amides is 2. The first-order valence-electron chi connectivity index (χ1n) is 14.1. The molecule has 1 N–H and O–H groups in total. The molecule has 0 bridgehead atoms. The summed E-state index contributed by atoms with van der Waals surface area (Å²) < 4.78 is 18.2. The molecule has 10 nitrogen and oxygen atoms in total. The molecule has 3 aliphatic rings. The molecule has 0 radical (unpaired) electrons. The fourth-order valence-corrected chi connectivity index (χ4v) is 5.71. The number of unbranched alkanes of at least 4 members (excludes halogenated alkanes) is 1. The molecule has 3 aliphatic heterocycles. The summed E-state index contributed by atoms with van der Waals surface area (Å²) in [4.78, 5) is 39.9. The van der Waals surface area contributed by atoms with Crippen LogP contribution in [0.15, 0.2) is 24.3 Å². The minimum atomic E-state index is -0.400. The molecule has 10 heteroatoms. The lowest BCUT2D eigenvalue weighted by Gasteiger charge is -2.36. The molecule has 2 saturated heterocycles. The number of nitrogens with zero attached hydrogens (tertiary/aromatic N) is 3. The summed E-state index contributed by atoms with van der Waals surface area (Å²) in [6.45, 7) is 7.30. The smallest absolute Gasteiger partial charge is 0.338 e. The first-order valence-corrected chi connectivity index (χ1v) is 14.1. The Bertz CT molecular complexity index is 1180. The van der Waals surface area contributed by atoms with Crippen LogP contribution in [0.3, 0.4) is 0 Å². The summed E-state index contributed by atoms with van der Waals surface area (Å²) in [5.74, 6) is -0.495. The highest BCUT2D eigenvalue weighted by Gasteiger charge is 2.39. The Hall–Kier alpha value is -3.24. The van der Waals surface area contributed by atoms with Gasteiger partial charge in [0.15, 0.2) is 0 Å². The van der Waals surface area contributed by atoms with Gasteiger partial charge in [-0.15, -0.1) is 0 Å². The first-order chi connectivity index (χ1) is 19.0. The van der Waals surface area contributed by atoms with Crippen molar-refractivity contribution in [1.29, 1.82) is 0 Å². The molecule has 2 aromatic rings. The van der Waals surface area contributed by atoms with Gasteiger partial charge in [-0.1, -0.05) is 0 Å². The normalized spacial score (nSPS) is 18.8. The second-order valence-electron chi connectivity index (χ2n) is 10.6. The minimum absolute atomic E-state index is 0.0212. The Morgan fingerprint density at radius 2 is 1.72 bits per heavy atom. The van der Waals surface area contributed by atoms with Gasteiger partial charge in [0.1, 0.15) is 5.69 Å². The number of hydrogen-bond acceptors (Lipinski definition) is 7. The number of ether oxygens (including phenoxy) is 3. The predicted molar refractivity (Wildman–Crippen MR) is 143 cm³/mol. The van der Waals surface area contributed by atoms with Crippen LogP contribution < -0.4 is 5.32 Å². The van der Waals surface area contributed by atoms with Crippen molar-refractivity contribution in [3.63, 3.8) is 0 Å². The summed E-state index contributed by atoms with van der Waals surface area (Å²) in [5, 5.41) is 7.94. The van der Waals surface area contributed by atoms with Crippen LogP contribution in [-0.4, -0.2) is 85.1 Å². The highest BCUT2D eigenvalue weighted by Crippen LogP contribution is 2.37. The molecule has 0 saturated carbocycles. The van der Waals surface area contributed by atoms with Crippen molar-refractivity contribution >= 4 is 17.8 Å². The van der Waals surface area contributed by atoms with Crippen LogP contribution in [0.2, 0.25) is 0 Å². The molecule has 0 aliphatic carbocycles. The molecular weight excluding hydrogens is 500 g/mol. The highest BCUT2D eigenvalue weighted by molar-refractivity contribution is 5.96. The first kappa shape index (κ1) is 27.3. The van der Waals surface area contributed by atoms with Crippen molar-refractivity contribution < 1.29 is 28.6 Å². The van der Waals surface area contributed by atoms with E-state index in [0.29, 0.717) is 69.2 Å². The van der Waals surface area contributed by atoms with E-state index in [9.17, 15) is 14.4 Å². The lowest BCUT2D eigenvalue weighted by Crippen LogP contribution is -2.40.